The van der Waals surface area contributed by atoms with Gasteiger partial charge in [-0.05, 0) is 31.5 Å². The van der Waals surface area contributed by atoms with E-state index in [9.17, 15) is 14.7 Å². The fourth-order valence-electron chi connectivity index (χ4n) is 4.93. The Kier molecular flexibility index (Phi) is 3.64. The molecule has 0 bridgehead atoms. The lowest BCUT2D eigenvalue weighted by Crippen LogP contribution is -2.50. The number of aromatic carboxylic acids is 1. The van der Waals surface area contributed by atoms with Crippen molar-refractivity contribution in [3.63, 3.8) is 0 Å². The van der Waals surface area contributed by atoms with Crippen molar-refractivity contribution in [3.05, 3.63) is 46.2 Å². The van der Waals surface area contributed by atoms with Crippen LogP contribution in [0.5, 0.6) is 0 Å². The van der Waals surface area contributed by atoms with Crippen LogP contribution in [0.15, 0.2) is 35.3 Å². The van der Waals surface area contributed by atoms with Crippen molar-refractivity contribution in [1.29, 1.82) is 0 Å². The average Bonchev–Trinajstić information content (AvgIpc) is 3.37. The zero-order valence-electron chi connectivity index (χ0n) is 16.2. The third-order valence-corrected chi connectivity index (χ3v) is 6.38. The van der Waals surface area contributed by atoms with Gasteiger partial charge >= 0.3 is 5.97 Å². The Labute approximate surface area is 170 Å². The Morgan fingerprint density at radius 2 is 2.07 bits per heavy atom. The summed E-state index contributed by atoms with van der Waals surface area (Å²) in [5.41, 5.74) is 1.31. The molecule has 2 N–H and O–H groups in total. The van der Waals surface area contributed by atoms with E-state index in [0.717, 1.165) is 37.2 Å². The predicted molar refractivity (Wildman–Crippen MR) is 112 cm³/mol. The van der Waals surface area contributed by atoms with Gasteiger partial charge in [0, 0.05) is 31.9 Å². The molecule has 4 aromatic rings. The highest BCUT2D eigenvalue weighted by molar-refractivity contribution is 6.02. The number of anilines is 1. The number of carbonyl (C=O) groups is 1. The van der Waals surface area contributed by atoms with Crippen LogP contribution in [-0.4, -0.2) is 67.5 Å². The van der Waals surface area contributed by atoms with Crippen molar-refractivity contribution in [2.45, 2.75) is 18.9 Å². The molecule has 9 heteroatoms. The number of benzene rings is 1. The lowest BCUT2D eigenvalue weighted by Gasteiger charge is -2.37. The molecule has 0 spiro atoms. The largest absolute Gasteiger partial charge is 0.477 e. The van der Waals surface area contributed by atoms with Crippen molar-refractivity contribution in [1.82, 2.24) is 24.3 Å². The highest BCUT2D eigenvalue weighted by Crippen LogP contribution is 2.26. The van der Waals surface area contributed by atoms with Crippen LogP contribution in [0.2, 0.25) is 0 Å². The monoisotopic (exact) mass is 404 g/mol. The number of nitrogens with zero attached hydrogens (tertiary/aromatic N) is 5. The summed E-state index contributed by atoms with van der Waals surface area (Å²) in [6.45, 7) is 3.83. The van der Waals surface area contributed by atoms with Gasteiger partial charge in [-0.3, -0.25) is 14.1 Å². The first-order valence-corrected chi connectivity index (χ1v) is 10.2. The number of rotatable bonds is 2. The molecule has 9 nitrogen and oxygen atoms in total. The number of hydrogen-bond donors (Lipinski definition) is 2. The van der Waals surface area contributed by atoms with E-state index in [1.165, 1.54) is 19.0 Å². The van der Waals surface area contributed by atoms with E-state index in [0.29, 0.717) is 17.6 Å². The van der Waals surface area contributed by atoms with Crippen LogP contribution in [0.3, 0.4) is 0 Å². The summed E-state index contributed by atoms with van der Waals surface area (Å²) < 4.78 is 1.73. The Morgan fingerprint density at radius 1 is 1.20 bits per heavy atom. The zero-order valence-corrected chi connectivity index (χ0v) is 16.2. The van der Waals surface area contributed by atoms with Gasteiger partial charge in [-0.25, -0.2) is 9.78 Å². The molecule has 152 valence electrons. The molecule has 1 unspecified atom stereocenters. The second-order valence-electron chi connectivity index (χ2n) is 8.02. The lowest BCUT2D eigenvalue weighted by atomic mass is 10.1. The predicted octanol–water partition coefficient (Wildman–Crippen LogP) is 1.71. The third kappa shape index (κ3) is 2.38. The topological polar surface area (TPSA) is 107 Å². The number of imidazole rings is 1. The van der Waals surface area contributed by atoms with E-state index in [2.05, 4.69) is 19.8 Å². The molecule has 30 heavy (non-hydrogen) atoms. The number of fused-ring (bicyclic) bond motifs is 6. The normalized spacial score (nSPS) is 19.7. The minimum atomic E-state index is -1.27. The van der Waals surface area contributed by atoms with Gasteiger partial charge < -0.3 is 15.0 Å². The van der Waals surface area contributed by atoms with Crippen LogP contribution in [0.1, 0.15) is 23.2 Å². The fraction of sp³-hybridized carbons (Fsp3) is 0.333. The Hall–Kier alpha value is -3.46. The van der Waals surface area contributed by atoms with Crippen LogP contribution < -0.4 is 10.3 Å². The Balaban J connectivity index is 1.61. The van der Waals surface area contributed by atoms with E-state index < -0.39 is 11.4 Å². The minimum Gasteiger partial charge on any atom is -0.477 e. The summed E-state index contributed by atoms with van der Waals surface area (Å²) >= 11 is 0. The first kappa shape index (κ1) is 17.4. The average molecular weight is 404 g/mol. The van der Waals surface area contributed by atoms with Gasteiger partial charge in [-0.1, -0.05) is 12.1 Å². The van der Waals surface area contributed by atoms with Crippen LogP contribution in [0, 0.1) is 0 Å². The van der Waals surface area contributed by atoms with Gasteiger partial charge in [0.15, 0.2) is 5.65 Å². The number of para-hydroxylation sites is 2. The third-order valence-electron chi connectivity index (χ3n) is 6.38. The molecule has 0 saturated carbocycles. The van der Waals surface area contributed by atoms with Crippen LogP contribution >= 0.6 is 0 Å². The Bertz CT molecular complexity index is 1390. The highest BCUT2D eigenvalue weighted by atomic mass is 16.4. The smallest absolute Gasteiger partial charge is 0.343 e. The zero-order chi connectivity index (χ0) is 20.4. The van der Waals surface area contributed by atoms with E-state index >= 15 is 0 Å². The number of aromatic amines is 1. The van der Waals surface area contributed by atoms with Gasteiger partial charge in [0.25, 0.3) is 0 Å². The molecule has 3 aromatic heterocycles. The van der Waals surface area contributed by atoms with E-state index in [4.69, 9.17) is 4.98 Å². The molecule has 0 amide bonds. The fourth-order valence-corrected chi connectivity index (χ4v) is 4.93. The first-order valence-electron chi connectivity index (χ1n) is 10.2. The molecule has 2 fully saturated rings. The number of nitrogens with one attached hydrogen (secondary N) is 1. The summed E-state index contributed by atoms with van der Waals surface area (Å²) in [6.07, 6.45) is 3.88. The molecule has 5 heterocycles. The van der Waals surface area contributed by atoms with Gasteiger partial charge in [-0.15, -0.1) is 0 Å². The molecule has 0 radical (unpaired) electrons. The van der Waals surface area contributed by atoms with Crippen molar-refractivity contribution < 1.29 is 9.90 Å². The summed E-state index contributed by atoms with van der Waals surface area (Å²) in [4.78, 5) is 41.9. The number of piperazine rings is 1. The number of aromatic nitrogens is 4. The van der Waals surface area contributed by atoms with Gasteiger partial charge in [0.2, 0.25) is 11.4 Å². The van der Waals surface area contributed by atoms with Crippen molar-refractivity contribution >= 4 is 39.6 Å². The number of hydrogen-bond acceptors (Lipinski definition) is 6. The van der Waals surface area contributed by atoms with Gasteiger partial charge in [0.1, 0.15) is 11.2 Å². The highest BCUT2D eigenvalue weighted by Gasteiger charge is 2.32. The van der Waals surface area contributed by atoms with Crippen LogP contribution in [0.4, 0.5) is 5.95 Å². The van der Waals surface area contributed by atoms with Gasteiger partial charge in [-0.2, -0.15) is 4.98 Å². The quantitative estimate of drug-likeness (QED) is 0.524. The molecular weight excluding hydrogens is 384 g/mol. The number of H-pyrrole nitrogens is 1. The second-order valence-corrected chi connectivity index (χ2v) is 8.02. The molecule has 1 atom stereocenters. The summed E-state index contributed by atoms with van der Waals surface area (Å²) in [5.74, 6) is -0.692. The maximum absolute atomic E-state index is 13.0. The standard InChI is InChI=1S/C21H20N6O3/c28-17-13-10-22-21(26-9-8-25-7-3-4-12(25)11-26)24-18(13)27-15-6-2-1-5-14(15)23-19(27)16(17)20(29)30/h1-2,5-6,10,12,23H,3-4,7-9,11H2,(H,29,30). The van der Waals surface area contributed by atoms with Crippen molar-refractivity contribution in [2.24, 2.45) is 0 Å². The molecule has 0 aliphatic carbocycles. The second kappa shape index (κ2) is 6.27. The molecule has 1 aromatic carbocycles. The summed E-state index contributed by atoms with van der Waals surface area (Å²) in [6, 6.07) is 7.99. The molecular formula is C21H20N6O3. The van der Waals surface area contributed by atoms with E-state index in [1.807, 2.05) is 24.3 Å². The Morgan fingerprint density at radius 3 is 2.93 bits per heavy atom. The molecule has 2 saturated heterocycles. The van der Waals surface area contributed by atoms with E-state index in [-0.39, 0.29) is 16.6 Å². The number of pyridine rings is 1. The number of carboxylic acid groups (broad SMARTS) is 1. The van der Waals surface area contributed by atoms with Crippen molar-refractivity contribution in [3.8, 4) is 0 Å². The molecule has 2 aliphatic heterocycles. The van der Waals surface area contributed by atoms with Crippen LogP contribution in [0.25, 0.3) is 27.7 Å². The summed E-state index contributed by atoms with van der Waals surface area (Å²) in [7, 11) is 0. The number of carboxylic acids is 1. The van der Waals surface area contributed by atoms with E-state index in [1.54, 1.807) is 4.40 Å². The minimum absolute atomic E-state index is 0.206. The first-order chi connectivity index (χ1) is 14.6. The molecule has 6 rings (SSSR count). The summed E-state index contributed by atoms with van der Waals surface area (Å²) in [5, 5.41) is 9.91. The molecule has 2 aliphatic rings. The SMILES string of the molecule is O=C(O)c1c(=O)c2cnc(N3CCN4CCCC4C3)nc2n2c1[nH]c1ccccc12. The lowest BCUT2D eigenvalue weighted by molar-refractivity contribution is 0.0697. The maximum atomic E-state index is 13.0. The maximum Gasteiger partial charge on any atom is 0.343 e. The van der Waals surface area contributed by atoms with Crippen LogP contribution in [-0.2, 0) is 0 Å². The van der Waals surface area contributed by atoms with Gasteiger partial charge in [0.05, 0.1) is 16.4 Å². The van der Waals surface area contributed by atoms with Crippen molar-refractivity contribution in [2.75, 3.05) is 31.1 Å².